The fourth-order valence-electron chi connectivity index (χ4n) is 3.47. The van der Waals surface area contributed by atoms with Gasteiger partial charge in [-0.15, -0.1) is 0 Å². The van der Waals surface area contributed by atoms with Gasteiger partial charge in [-0.25, -0.2) is 9.59 Å². The number of fused-ring (bicyclic) bond motifs is 1. The van der Waals surface area contributed by atoms with Crippen molar-refractivity contribution in [2.75, 3.05) is 23.3 Å². The number of carboxylic acids is 1. The number of urea groups is 1. The highest BCUT2D eigenvalue weighted by molar-refractivity contribution is 6.31. The minimum Gasteiger partial charge on any atom is -0.475 e. The Morgan fingerprint density at radius 1 is 1.15 bits per heavy atom. The molecule has 3 aromatic rings. The number of halogens is 4. The molecule has 1 fully saturated rings. The molecule has 1 aromatic heterocycles. The zero-order chi connectivity index (χ0) is 24.9. The van der Waals surface area contributed by atoms with Crippen LogP contribution in [0.1, 0.15) is 12.0 Å². The summed E-state index contributed by atoms with van der Waals surface area (Å²) < 4.78 is 31.7. The number of carboxylic acid groups (broad SMARTS) is 1. The smallest absolute Gasteiger partial charge is 0.475 e. The van der Waals surface area contributed by atoms with Gasteiger partial charge in [-0.05, 0) is 49.7 Å². The number of aryl methyl sites for hydroxylation is 1. The van der Waals surface area contributed by atoms with Gasteiger partial charge in [0, 0.05) is 47.1 Å². The van der Waals surface area contributed by atoms with E-state index in [1.54, 1.807) is 6.20 Å². The number of benzene rings is 2. The van der Waals surface area contributed by atoms with E-state index in [0.717, 1.165) is 41.8 Å². The van der Waals surface area contributed by atoms with Crippen molar-refractivity contribution < 1.29 is 27.9 Å². The topological polar surface area (TPSA) is 94.6 Å². The third-order valence-corrected chi connectivity index (χ3v) is 5.33. The number of anilines is 2. The summed E-state index contributed by atoms with van der Waals surface area (Å²) in [6.07, 6.45) is -2.38. The first-order chi connectivity index (χ1) is 16.0. The lowest BCUT2D eigenvalue weighted by molar-refractivity contribution is -0.192. The summed E-state index contributed by atoms with van der Waals surface area (Å²) in [6, 6.07) is 15.5. The molecule has 1 unspecified atom stereocenters. The number of carbonyl (C=O) groups is 2. The molecule has 2 heterocycles. The quantitative estimate of drug-likeness (QED) is 0.463. The van der Waals surface area contributed by atoms with Gasteiger partial charge in [0.15, 0.2) is 0 Å². The molecular weight excluding hydrogens is 473 g/mol. The van der Waals surface area contributed by atoms with Gasteiger partial charge >= 0.3 is 18.2 Å². The molecule has 2 amide bonds. The number of hydrogen-bond acceptors (Lipinski definition) is 4. The lowest BCUT2D eigenvalue weighted by atomic mass is 10.2. The minimum atomic E-state index is -5.08. The maximum Gasteiger partial charge on any atom is 0.490 e. The van der Waals surface area contributed by atoms with Crippen molar-refractivity contribution in [3.8, 4) is 0 Å². The monoisotopic (exact) mass is 494 g/mol. The molecule has 0 saturated carbocycles. The molecule has 180 valence electrons. The van der Waals surface area contributed by atoms with Crippen molar-refractivity contribution in [3.05, 3.63) is 65.3 Å². The molecule has 3 N–H and O–H groups in total. The van der Waals surface area contributed by atoms with Crippen molar-refractivity contribution in [2.45, 2.75) is 25.6 Å². The fourth-order valence-corrected chi connectivity index (χ4v) is 3.63. The summed E-state index contributed by atoms with van der Waals surface area (Å²) in [5.41, 5.74) is 3.97. The normalized spacial score (nSPS) is 15.4. The van der Waals surface area contributed by atoms with Crippen molar-refractivity contribution >= 4 is 45.9 Å². The second-order valence-electron chi connectivity index (χ2n) is 7.69. The zero-order valence-corrected chi connectivity index (χ0v) is 18.8. The highest BCUT2D eigenvalue weighted by atomic mass is 35.5. The molecule has 7 nitrogen and oxygen atoms in total. The Morgan fingerprint density at radius 3 is 2.47 bits per heavy atom. The summed E-state index contributed by atoms with van der Waals surface area (Å²) >= 11 is 6.08. The molecule has 0 bridgehead atoms. The second-order valence-corrected chi connectivity index (χ2v) is 8.13. The number of carbonyl (C=O) groups excluding carboxylic acids is 1. The number of nitrogens with one attached hydrogen (secondary N) is 2. The molecule has 2 aromatic carbocycles. The first kappa shape index (κ1) is 25.1. The van der Waals surface area contributed by atoms with Crippen molar-refractivity contribution in [3.63, 3.8) is 0 Å². The van der Waals surface area contributed by atoms with E-state index in [4.69, 9.17) is 21.5 Å². The Hall–Kier alpha value is -3.53. The van der Waals surface area contributed by atoms with Gasteiger partial charge in [-0.1, -0.05) is 29.3 Å². The van der Waals surface area contributed by atoms with E-state index in [9.17, 15) is 18.0 Å². The van der Waals surface area contributed by atoms with Crippen LogP contribution in [0, 0.1) is 6.92 Å². The van der Waals surface area contributed by atoms with Crippen molar-refractivity contribution in [2.24, 2.45) is 0 Å². The standard InChI is InChI=1S/C21H21ClN4O.C2HF3O2/c1-14-2-5-16(6-3-14)24-21(27)25-17-9-11-26(13-17)20-8-10-23-19-12-15(22)4-7-18(19)20;3-2(4,5)1(6)7/h2-8,10,12,17H,9,11,13H2,1H3,(H2,24,25,27);(H,6,7). The third-order valence-electron chi connectivity index (χ3n) is 5.10. The minimum absolute atomic E-state index is 0.103. The van der Waals surface area contributed by atoms with Crippen LogP contribution in [-0.2, 0) is 4.79 Å². The SMILES string of the molecule is Cc1ccc(NC(=O)NC2CCN(c3ccnc4cc(Cl)ccc34)C2)cc1.O=C(O)C(F)(F)F. The summed E-state index contributed by atoms with van der Waals surface area (Å²) in [6.45, 7) is 3.67. The fraction of sp³-hybridized carbons (Fsp3) is 0.261. The molecule has 34 heavy (non-hydrogen) atoms. The number of hydrogen-bond donors (Lipinski definition) is 3. The molecule has 0 radical (unpaired) electrons. The summed E-state index contributed by atoms with van der Waals surface area (Å²) in [5, 5.41) is 14.8. The van der Waals surface area contributed by atoms with Crippen LogP contribution in [0.3, 0.4) is 0 Å². The maximum atomic E-state index is 12.3. The summed E-state index contributed by atoms with van der Waals surface area (Å²) in [4.78, 5) is 27.9. The first-order valence-electron chi connectivity index (χ1n) is 10.3. The number of nitrogens with zero attached hydrogens (tertiary/aromatic N) is 2. The van der Waals surface area contributed by atoms with E-state index in [1.807, 2.05) is 55.5 Å². The third kappa shape index (κ3) is 6.74. The molecule has 0 spiro atoms. The molecule has 1 aliphatic heterocycles. The molecule has 0 aliphatic carbocycles. The molecule has 1 atom stereocenters. The van der Waals surface area contributed by atoms with Crippen LogP contribution in [0.5, 0.6) is 0 Å². The van der Waals surface area contributed by atoms with Crippen LogP contribution >= 0.6 is 11.6 Å². The van der Waals surface area contributed by atoms with E-state index in [1.165, 1.54) is 5.56 Å². The van der Waals surface area contributed by atoms with Gasteiger partial charge in [0.1, 0.15) is 0 Å². The average Bonchev–Trinajstić information content (AvgIpc) is 3.22. The Bertz CT molecular complexity index is 1170. The molecule has 1 saturated heterocycles. The van der Waals surface area contributed by atoms with Crippen molar-refractivity contribution in [1.29, 1.82) is 0 Å². The van der Waals surface area contributed by atoms with Crippen LogP contribution in [0.4, 0.5) is 29.3 Å². The highest BCUT2D eigenvalue weighted by Gasteiger charge is 2.38. The van der Waals surface area contributed by atoms with Crippen LogP contribution in [0.25, 0.3) is 10.9 Å². The van der Waals surface area contributed by atoms with Crippen LogP contribution in [0.2, 0.25) is 5.02 Å². The van der Waals surface area contributed by atoms with Crippen LogP contribution in [-0.4, -0.2) is 47.4 Å². The lowest BCUT2D eigenvalue weighted by Crippen LogP contribution is -2.39. The number of amides is 2. The van der Waals surface area contributed by atoms with E-state index in [0.29, 0.717) is 5.02 Å². The van der Waals surface area contributed by atoms with Gasteiger partial charge in [0.2, 0.25) is 0 Å². The predicted molar refractivity (Wildman–Crippen MR) is 124 cm³/mol. The first-order valence-corrected chi connectivity index (χ1v) is 10.6. The highest BCUT2D eigenvalue weighted by Crippen LogP contribution is 2.29. The Morgan fingerprint density at radius 2 is 1.82 bits per heavy atom. The predicted octanol–water partition coefficient (Wildman–Crippen LogP) is 5.23. The number of aliphatic carboxylic acids is 1. The average molecular weight is 495 g/mol. The largest absolute Gasteiger partial charge is 0.490 e. The molecule has 4 rings (SSSR count). The Kier molecular flexibility index (Phi) is 7.83. The number of alkyl halides is 3. The second kappa shape index (κ2) is 10.6. The van der Waals surface area contributed by atoms with Gasteiger partial charge in [-0.3, -0.25) is 4.98 Å². The van der Waals surface area contributed by atoms with E-state index in [-0.39, 0.29) is 12.1 Å². The van der Waals surface area contributed by atoms with E-state index in [2.05, 4.69) is 20.5 Å². The van der Waals surface area contributed by atoms with Crippen LogP contribution < -0.4 is 15.5 Å². The van der Waals surface area contributed by atoms with E-state index < -0.39 is 12.1 Å². The number of aromatic nitrogens is 1. The Balaban J connectivity index is 0.000000406. The number of pyridine rings is 1. The lowest BCUT2D eigenvalue weighted by Gasteiger charge is -2.21. The van der Waals surface area contributed by atoms with Gasteiger partial charge in [0.25, 0.3) is 0 Å². The molecule has 11 heteroatoms. The van der Waals surface area contributed by atoms with Gasteiger partial charge < -0.3 is 20.6 Å². The number of rotatable bonds is 3. The summed E-state index contributed by atoms with van der Waals surface area (Å²) in [5.74, 6) is -2.76. The maximum absolute atomic E-state index is 12.3. The van der Waals surface area contributed by atoms with E-state index >= 15 is 0 Å². The van der Waals surface area contributed by atoms with Crippen molar-refractivity contribution in [1.82, 2.24) is 10.3 Å². The summed E-state index contributed by atoms with van der Waals surface area (Å²) in [7, 11) is 0. The zero-order valence-electron chi connectivity index (χ0n) is 18.1. The Labute approximate surface area is 198 Å². The van der Waals surface area contributed by atoms with Gasteiger partial charge in [0.05, 0.1) is 5.52 Å². The van der Waals surface area contributed by atoms with Crippen LogP contribution in [0.15, 0.2) is 54.7 Å². The molecular formula is C23H22ClF3N4O3. The van der Waals surface area contributed by atoms with Gasteiger partial charge in [-0.2, -0.15) is 13.2 Å². The molecule has 1 aliphatic rings.